The van der Waals surface area contributed by atoms with Gasteiger partial charge in [-0.2, -0.15) is 5.10 Å². The number of fused-ring (bicyclic) bond motifs is 1. The Morgan fingerprint density at radius 2 is 1.79 bits per heavy atom. The van der Waals surface area contributed by atoms with Crippen molar-refractivity contribution in [3.05, 3.63) is 59.8 Å². The van der Waals surface area contributed by atoms with Crippen LogP contribution in [0.1, 0.15) is 20.7 Å². The van der Waals surface area contributed by atoms with Crippen LogP contribution in [0.5, 0.6) is 0 Å². The summed E-state index contributed by atoms with van der Waals surface area (Å²) in [5.74, 6) is -0.588. The Labute approximate surface area is 168 Å². The molecule has 2 amide bonds. The van der Waals surface area contributed by atoms with Crippen LogP contribution in [0.3, 0.4) is 0 Å². The zero-order valence-corrected chi connectivity index (χ0v) is 16.0. The molecule has 0 unspecified atom stereocenters. The Morgan fingerprint density at radius 1 is 1.07 bits per heavy atom. The molecule has 1 aliphatic heterocycles. The molecule has 2 heterocycles. The number of aromatic nitrogens is 2. The lowest BCUT2D eigenvalue weighted by Gasteiger charge is -2.26. The topological polar surface area (TPSA) is 102 Å². The maximum Gasteiger partial charge on any atom is 0.251 e. The van der Waals surface area contributed by atoms with E-state index in [9.17, 15) is 9.59 Å². The summed E-state index contributed by atoms with van der Waals surface area (Å²) >= 11 is 0. The minimum Gasteiger partial charge on any atom is -0.379 e. The lowest BCUT2D eigenvalue weighted by molar-refractivity contribution is 0.0383. The number of hydrogen-bond donors (Lipinski definition) is 2. The number of ether oxygens (including phenoxy) is 1. The molecule has 0 radical (unpaired) electrons. The summed E-state index contributed by atoms with van der Waals surface area (Å²) in [5, 5.41) is 8.25. The molecule has 1 aromatic heterocycles. The molecule has 0 atom stereocenters. The number of carbonyl (C=O) groups is 2. The largest absolute Gasteiger partial charge is 0.379 e. The maximum absolute atomic E-state index is 12.4. The molecule has 2 aromatic carbocycles. The summed E-state index contributed by atoms with van der Waals surface area (Å²) in [5.41, 5.74) is 7.97. The van der Waals surface area contributed by atoms with Crippen molar-refractivity contribution in [1.82, 2.24) is 20.0 Å². The Balaban J connectivity index is 1.43. The highest BCUT2D eigenvalue weighted by molar-refractivity contribution is 5.97. The number of primary amides is 1. The summed E-state index contributed by atoms with van der Waals surface area (Å²) in [4.78, 5) is 26.1. The van der Waals surface area contributed by atoms with Gasteiger partial charge in [-0.1, -0.05) is 6.07 Å². The monoisotopic (exact) mass is 393 g/mol. The quantitative estimate of drug-likeness (QED) is 0.655. The number of rotatable bonds is 6. The third kappa shape index (κ3) is 4.28. The molecule has 150 valence electrons. The number of morpholine rings is 1. The number of benzene rings is 2. The van der Waals surface area contributed by atoms with Crippen molar-refractivity contribution < 1.29 is 14.3 Å². The second-order valence-corrected chi connectivity index (χ2v) is 6.95. The van der Waals surface area contributed by atoms with E-state index in [4.69, 9.17) is 10.5 Å². The van der Waals surface area contributed by atoms with Crippen molar-refractivity contribution in [3.8, 4) is 5.69 Å². The molecule has 1 aliphatic rings. The zero-order valence-electron chi connectivity index (χ0n) is 16.0. The van der Waals surface area contributed by atoms with Gasteiger partial charge >= 0.3 is 0 Å². The predicted molar refractivity (Wildman–Crippen MR) is 109 cm³/mol. The Kier molecular flexibility index (Phi) is 5.55. The molecule has 3 aromatic rings. The summed E-state index contributed by atoms with van der Waals surface area (Å²) in [7, 11) is 0. The summed E-state index contributed by atoms with van der Waals surface area (Å²) in [6.45, 7) is 4.71. The Bertz CT molecular complexity index is 1020. The first kappa shape index (κ1) is 19.1. The van der Waals surface area contributed by atoms with Crippen molar-refractivity contribution in [2.45, 2.75) is 0 Å². The van der Waals surface area contributed by atoms with Crippen LogP contribution in [0.2, 0.25) is 0 Å². The van der Waals surface area contributed by atoms with E-state index in [0.29, 0.717) is 17.7 Å². The molecule has 0 bridgehead atoms. The van der Waals surface area contributed by atoms with Crippen LogP contribution in [0.15, 0.2) is 48.7 Å². The zero-order chi connectivity index (χ0) is 20.2. The van der Waals surface area contributed by atoms with E-state index in [2.05, 4.69) is 15.3 Å². The lowest BCUT2D eigenvalue weighted by atomic mass is 10.1. The molecule has 29 heavy (non-hydrogen) atoms. The molecule has 8 heteroatoms. The maximum atomic E-state index is 12.4. The molecular weight excluding hydrogens is 370 g/mol. The van der Waals surface area contributed by atoms with Gasteiger partial charge in [0.25, 0.3) is 5.91 Å². The fourth-order valence-corrected chi connectivity index (χ4v) is 3.39. The lowest BCUT2D eigenvalue weighted by Crippen LogP contribution is -2.41. The summed E-state index contributed by atoms with van der Waals surface area (Å²) < 4.78 is 7.05. The highest BCUT2D eigenvalue weighted by Crippen LogP contribution is 2.20. The Hall–Kier alpha value is -3.23. The SMILES string of the molecule is NC(=O)c1ccc2cnn(-c3ccc(C(=O)NCCN4CCOCC4)cc3)c2c1. The number of amides is 2. The van der Waals surface area contributed by atoms with E-state index in [1.807, 2.05) is 18.2 Å². The number of carbonyl (C=O) groups excluding carboxylic acids is 2. The van der Waals surface area contributed by atoms with Crippen molar-refractivity contribution in [2.75, 3.05) is 39.4 Å². The number of nitrogens with one attached hydrogen (secondary N) is 1. The average molecular weight is 393 g/mol. The van der Waals surface area contributed by atoms with Crippen molar-refractivity contribution >= 4 is 22.7 Å². The standard InChI is InChI=1S/C21H23N5O3/c22-20(27)16-1-2-17-14-24-26(19(17)13-16)18-5-3-15(4-6-18)21(28)23-7-8-25-9-11-29-12-10-25/h1-6,13-14H,7-12H2,(H2,22,27)(H,23,28). The van der Waals surface area contributed by atoms with Gasteiger partial charge in [0.15, 0.2) is 0 Å². The van der Waals surface area contributed by atoms with Crippen molar-refractivity contribution in [2.24, 2.45) is 5.73 Å². The van der Waals surface area contributed by atoms with Crippen molar-refractivity contribution in [1.29, 1.82) is 0 Å². The molecule has 4 rings (SSSR count). The van der Waals surface area contributed by atoms with Crippen molar-refractivity contribution in [3.63, 3.8) is 0 Å². The number of hydrogen-bond acceptors (Lipinski definition) is 5. The number of nitrogens with zero attached hydrogens (tertiary/aromatic N) is 3. The van der Waals surface area contributed by atoms with Gasteiger partial charge in [0.1, 0.15) is 0 Å². The van der Waals surface area contributed by atoms with Crippen LogP contribution < -0.4 is 11.1 Å². The average Bonchev–Trinajstić information content (AvgIpc) is 3.18. The van der Waals surface area contributed by atoms with Gasteiger partial charge < -0.3 is 15.8 Å². The normalized spacial score (nSPS) is 14.8. The third-order valence-electron chi connectivity index (χ3n) is 5.05. The molecule has 3 N–H and O–H groups in total. The number of nitrogens with two attached hydrogens (primary N) is 1. The van der Waals surface area contributed by atoms with Gasteiger partial charge in [0, 0.05) is 42.7 Å². The fraction of sp³-hybridized carbons (Fsp3) is 0.286. The molecular formula is C21H23N5O3. The smallest absolute Gasteiger partial charge is 0.251 e. The molecule has 0 spiro atoms. The van der Waals surface area contributed by atoms with Crippen LogP contribution >= 0.6 is 0 Å². The van der Waals surface area contributed by atoms with Crippen LogP contribution in [0, 0.1) is 0 Å². The van der Waals surface area contributed by atoms with Crippen LogP contribution in [0.4, 0.5) is 0 Å². The molecule has 8 nitrogen and oxygen atoms in total. The van der Waals surface area contributed by atoms with Gasteiger partial charge in [0.2, 0.25) is 5.91 Å². The second kappa shape index (κ2) is 8.42. The van der Waals surface area contributed by atoms with E-state index < -0.39 is 5.91 Å². The summed E-state index contributed by atoms with van der Waals surface area (Å²) in [6, 6.07) is 12.4. The Morgan fingerprint density at radius 3 is 2.52 bits per heavy atom. The molecule has 0 aliphatic carbocycles. The minimum atomic E-state index is -0.483. The first-order valence-corrected chi connectivity index (χ1v) is 9.58. The van der Waals surface area contributed by atoms with Crippen LogP contribution in [-0.4, -0.2) is 65.9 Å². The third-order valence-corrected chi connectivity index (χ3v) is 5.05. The second-order valence-electron chi connectivity index (χ2n) is 6.95. The van der Waals surface area contributed by atoms with E-state index in [-0.39, 0.29) is 5.91 Å². The van der Waals surface area contributed by atoms with Gasteiger partial charge in [0.05, 0.1) is 30.6 Å². The van der Waals surface area contributed by atoms with Gasteiger partial charge in [-0.25, -0.2) is 4.68 Å². The highest BCUT2D eigenvalue weighted by Gasteiger charge is 2.12. The van der Waals surface area contributed by atoms with Gasteiger partial charge in [-0.15, -0.1) is 0 Å². The van der Waals surface area contributed by atoms with E-state index in [0.717, 1.165) is 49.4 Å². The fourth-order valence-electron chi connectivity index (χ4n) is 3.39. The van der Waals surface area contributed by atoms with Gasteiger partial charge in [-0.05, 0) is 36.4 Å². The van der Waals surface area contributed by atoms with Crippen LogP contribution in [0.25, 0.3) is 16.6 Å². The first-order chi connectivity index (χ1) is 14.1. The van der Waals surface area contributed by atoms with Gasteiger partial charge in [-0.3, -0.25) is 14.5 Å². The summed E-state index contributed by atoms with van der Waals surface area (Å²) in [6.07, 6.45) is 1.73. The van der Waals surface area contributed by atoms with E-state index in [1.54, 1.807) is 35.1 Å². The molecule has 1 fully saturated rings. The van der Waals surface area contributed by atoms with E-state index >= 15 is 0 Å². The van der Waals surface area contributed by atoms with E-state index in [1.165, 1.54) is 0 Å². The molecule has 0 saturated carbocycles. The molecule has 1 saturated heterocycles. The first-order valence-electron chi connectivity index (χ1n) is 9.58. The highest BCUT2D eigenvalue weighted by atomic mass is 16.5. The minimum absolute atomic E-state index is 0.105. The van der Waals surface area contributed by atoms with Crippen LogP contribution in [-0.2, 0) is 4.74 Å². The predicted octanol–water partition coefficient (Wildman–Crippen LogP) is 1.19.